The third kappa shape index (κ3) is 4.60. The Kier molecular flexibility index (Phi) is 6.15. The number of hydrogen-bond acceptors (Lipinski definition) is 3. The van der Waals surface area contributed by atoms with E-state index in [2.05, 4.69) is 5.32 Å². The number of piperidine rings is 1. The number of hydrogen-bond donors (Lipinski definition) is 2. The molecule has 3 unspecified atom stereocenters. The van der Waals surface area contributed by atoms with E-state index in [0.717, 1.165) is 22.4 Å². The summed E-state index contributed by atoms with van der Waals surface area (Å²) in [6, 6.07) is 15.1. The molecule has 2 aromatic carbocycles. The molecule has 3 atom stereocenters. The number of anilines is 1. The van der Waals surface area contributed by atoms with Gasteiger partial charge >= 0.3 is 5.97 Å². The van der Waals surface area contributed by atoms with Crippen LogP contribution in [0.15, 0.2) is 48.5 Å². The van der Waals surface area contributed by atoms with Crippen molar-refractivity contribution in [3.05, 3.63) is 65.2 Å². The van der Waals surface area contributed by atoms with E-state index in [0.29, 0.717) is 19.5 Å². The molecule has 1 aliphatic rings. The van der Waals surface area contributed by atoms with Crippen molar-refractivity contribution in [2.24, 2.45) is 11.8 Å². The Morgan fingerprint density at radius 3 is 2.50 bits per heavy atom. The van der Waals surface area contributed by atoms with Crippen LogP contribution in [-0.2, 0) is 9.59 Å². The summed E-state index contributed by atoms with van der Waals surface area (Å²) >= 11 is 0. The van der Waals surface area contributed by atoms with E-state index in [1.807, 2.05) is 74.2 Å². The Balaban J connectivity index is 1.92. The van der Waals surface area contributed by atoms with Crippen molar-refractivity contribution in [3.8, 4) is 0 Å². The van der Waals surface area contributed by atoms with Crippen molar-refractivity contribution in [2.45, 2.75) is 33.2 Å². The fourth-order valence-corrected chi connectivity index (χ4v) is 4.02. The van der Waals surface area contributed by atoms with Gasteiger partial charge in [-0.2, -0.15) is 0 Å². The minimum Gasteiger partial charge on any atom is -0.481 e. The summed E-state index contributed by atoms with van der Waals surface area (Å²) in [5.74, 6) is -1.16. The lowest BCUT2D eigenvalue weighted by Gasteiger charge is -2.39. The zero-order chi connectivity index (χ0) is 20.3. The van der Waals surface area contributed by atoms with Crippen molar-refractivity contribution >= 4 is 17.6 Å². The van der Waals surface area contributed by atoms with Crippen LogP contribution in [0.1, 0.15) is 36.1 Å². The number of likely N-dealkylation sites (tertiary alicyclic amines) is 1. The topological polar surface area (TPSA) is 69.6 Å². The van der Waals surface area contributed by atoms with Gasteiger partial charge in [-0.15, -0.1) is 0 Å². The second-order valence-electron chi connectivity index (χ2n) is 7.95. The van der Waals surface area contributed by atoms with Crippen molar-refractivity contribution in [2.75, 3.05) is 18.4 Å². The highest BCUT2D eigenvalue weighted by Gasteiger charge is 2.36. The van der Waals surface area contributed by atoms with E-state index in [-0.39, 0.29) is 11.8 Å². The summed E-state index contributed by atoms with van der Waals surface area (Å²) in [7, 11) is 0. The third-order valence-corrected chi connectivity index (χ3v) is 5.42. The minimum atomic E-state index is -0.793. The van der Waals surface area contributed by atoms with Gasteiger partial charge < -0.3 is 10.4 Å². The average molecular weight is 380 g/mol. The van der Waals surface area contributed by atoms with Gasteiger partial charge in [-0.1, -0.05) is 49.4 Å². The molecule has 0 saturated carbocycles. The van der Waals surface area contributed by atoms with Crippen LogP contribution in [0.5, 0.6) is 0 Å². The highest BCUT2D eigenvalue weighted by atomic mass is 16.4. The van der Waals surface area contributed by atoms with Crippen LogP contribution < -0.4 is 5.32 Å². The van der Waals surface area contributed by atoms with E-state index in [4.69, 9.17) is 0 Å². The SMILES string of the molecule is Cc1ccc(C)c(NC(=O)C(c2ccccc2)N2CC(C)CC(C(=O)O)C2)c1. The van der Waals surface area contributed by atoms with Gasteiger partial charge in [0.2, 0.25) is 5.91 Å². The first kappa shape index (κ1) is 20.1. The van der Waals surface area contributed by atoms with E-state index < -0.39 is 17.9 Å². The highest BCUT2D eigenvalue weighted by Crippen LogP contribution is 2.31. The number of nitrogens with zero attached hydrogens (tertiary/aromatic N) is 1. The van der Waals surface area contributed by atoms with E-state index in [1.165, 1.54) is 0 Å². The fourth-order valence-electron chi connectivity index (χ4n) is 4.02. The molecule has 0 aromatic heterocycles. The molecular formula is C23H28N2O3. The molecule has 0 bridgehead atoms. The lowest BCUT2D eigenvalue weighted by Crippen LogP contribution is -2.47. The number of carbonyl (C=O) groups excluding carboxylic acids is 1. The molecule has 1 saturated heterocycles. The maximum Gasteiger partial charge on any atom is 0.307 e. The van der Waals surface area contributed by atoms with Crippen molar-refractivity contribution in [3.63, 3.8) is 0 Å². The van der Waals surface area contributed by atoms with Crippen molar-refractivity contribution in [1.29, 1.82) is 0 Å². The predicted molar refractivity (Wildman–Crippen MR) is 110 cm³/mol. The second kappa shape index (κ2) is 8.57. The summed E-state index contributed by atoms with van der Waals surface area (Å²) in [5, 5.41) is 12.6. The molecule has 0 aliphatic carbocycles. The lowest BCUT2D eigenvalue weighted by atomic mass is 9.88. The van der Waals surface area contributed by atoms with Gasteiger partial charge in [-0.3, -0.25) is 14.5 Å². The van der Waals surface area contributed by atoms with Gasteiger partial charge in [0.1, 0.15) is 6.04 Å². The summed E-state index contributed by atoms with van der Waals surface area (Å²) < 4.78 is 0. The van der Waals surface area contributed by atoms with Crippen LogP contribution in [0.25, 0.3) is 0 Å². The quantitative estimate of drug-likeness (QED) is 0.822. The summed E-state index contributed by atoms with van der Waals surface area (Å²) in [6.07, 6.45) is 0.645. The van der Waals surface area contributed by atoms with Crippen molar-refractivity contribution < 1.29 is 14.7 Å². The molecule has 5 nitrogen and oxygen atoms in total. The number of amides is 1. The predicted octanol–water partition coefficient (Wildman–Crippen LogP) is 4.03. The molecule has 3 rings (SSSR count). The van der Waals surface area contributed by atoms with Crippen LogP contribution in [0, 0.1) is 25.7 Å². The zero-order valence-electron chi connectivity index (χ0n) is 16.7. The standard InChI is InChI=1S/C23H28N2O3/c1-15-9-10-17(3)20(12-15)24-22(26)21(18-7-5-4-6-8-18)25-13-16(2)11-19(14-25)23(27)28/h4-10,12,16,19,21H,11,13-14H2,1-3H3,(H,24,26)(H,27,28). The third-order valence-electron chi connectivity index (χ3n) is 5.42. The van der Waals surface area contributed by atoms with E-state index in [9.17, 15) is 14.7 Å². The van der Waals surface area contributed by atoms with Gasteiger partial charge in [0, 0.05) is 18.8 Å². The van der Waals surface area contributed by atoms with Gasteiger partial charge in [0.15, 0.2) is 0 Å². The molecule has 2 aromatic rings. The fraction of sp³-hybridized carbons (Fsp3) is 0.391. The van der Waals surface area contributed by atoms with E-state index in [1.54, 1.807) is 0 Å². The normalized spacial score (nSPS) is 21.1. The number of carboxylic acid groups (broad SMARTS) is 1. The maximum absolute atomic E-state index is 13.4. The van der Waals surface area contributed by atoms with Crippen LogP contribution in [0.3, 0.4) is 0 Å². The number of nitrogens with one attached hydrogen (secondary N) is 1. The Hall–Kier alpha value is -2.66. The molecule has 1 fully saturated rings. The number of aliphatic carboxylic acids is 1. The van der Waals surface area contributed by atoms with Gasteiger partial charge in [0.05, 0.1) is 5.92 Å². The van der Waals surface area contributed by atoms with Crippen LogP contribution in [-0.4, -0.2) is 35.0 Å². The van der Waals surface area contributed by atoms with Crippen LogP contribution >= 0.6 is 0 Å². The first-order valence-corrected chi connectivity index (χ1v) is 9.75. The largest absolute Gasteiger partial charge is 0.481 e. The summed E-state index contributed by atoms with van der Waals surface area (Å²) in [5.41, 5.74) is 3.75. The number of carboxylic acids is 1. The molecular weight excluding hydrogens is 352 g/mol. The van der Waals surface area contributed by atoms with Crippen LogP contribution in [0.2, 0.25) is 0 Å². The monoisotopic (exact) mass is 380 g/mol. The first-order valence-electron chi connectivity index (χ1n) is 9.75. The molecule has 2 N–H and O–H groups in total. The number of benzene rings is 2. The zero-order valence-corrected chi connectivity index (χ0v) is 16.7. The summed E-state index contributed by atoms with van der Waals surface area (Å²) in [6.45, 7) is 7.08. The smallest absolute Gasteiger partial charge is 0.307 e. The first-order chi connectivity index (χ1) is 13.3. The highest BCUT2D eigenvalue weighted by molar-refractivity contribution is 5.96. The number of rotatable bonds is 5. The van der Waals surface area contributed by atoms with Crippen LogP contribution in [0.4, 0.5) is 5.69 Å². The summed E-state index contributed by atoms with van der Waals surface area (Å²) in [4.78, 5) is 27.0. The van der Waals surface area contributed by atoms with Gasteiger partial charge in [0.25, 0.3) is 0 Å². The Morgan fingerprint density at radius 1 is 1.11 bits per heavy atom. The number of carbonyl (C=O) groups is 2. The Morgan fingerprint density at radius 2 is 1.82 bits per heavy atom. The second-order valence-corrected chi connectivity index (χ2v) is 7.95. The number of aryl methyl sites for hydroxylation is 2. The molecule has 0 spiro atoms. The van der Waals surface area contributed by atoms with Gasteiger partial charge in [-0.05, 0) is 48.9 Å². The maximum atomic E-state index is 13.4. The molecule has 1 amide bonds. The van der Waals surface area contributed by atoms with Gasteiger partial charge in [-0.25, -0.2) is 0 Å². The molecule has 148 valence electrons. The molecule has 5 heteroatoms. The average Bonchev–Trinajstić information content (AvgIpc) is 2.65. The molecule has 28 heavy (non-hydrogen) atoms. The lowest BCUT2D eigenvalue weighted by molar-refractivity contribution is -0.145. The minimum absolute atomic E-state index is 0.127. The molecule has 1 heterocycles. The van der Waals surface area contributed by atoms with E-state index >= 15 is 0 Å². The Labute approximate surface area is 166 Å². The Bertz CT molecular complexity index is 850. The molecule has 0 radical (unpaired) electrons. The van der Waals surface area contributed by atoms with Crippen molar-refractivity contribution in [1.82, 2.24) is 4.90 Å². The molecule has 1 aliphatic heterocycles.